The highest BCUT2D eigenvalue weighted by Crippen LogP contribution is 2.35. The van der Waals surface area contributed by atoms with E-state index in [-0.39, 0.29) is 5.75 Å². The molecule has 2 heterocycles. The average Bonchev–Trinajstić information content (AvgIpc) is 3.34. The molecule has 0 fully saturated rings. The van der Waals surface area contributed by atoms with E-state index in [1.54, 1.807) is 7.11 Å². The number of hydrogen-bond donors (Lipinski definition) is 2. The van der Waals surface area contributed by atoms with Gasteiger partial charge in [0.2, 0.25) is 0 Å². The van der Waals surface area contributed by atoms with Crippen molar-refractivity contribution < 1.29 is 17.9 Å². The van der Waals surface area contributed by atoms with Crippen LogP contribution in [0.5, 0.6) is 11.5 Å². The highest BCUT2D eigenvalue weighted by atomic mass is 32.2. The minimum atomic E-state index is -2.97. The molecule has 0 unspecified atom stereocenters. The summed E-state index contributed by atoms with van der Waals surface area (Å²) in [5.41, 5.74) is 3.85. The van der Waals surface area contributed by atoms with E-state index in [2.05, 4.69) is 50.0 Å². The smallest absolute Gasteiger partial charge is 0.162 e. The van der Waals surface area contributed by atoms with Crippen molar-refractivity contribution >= 4 is 43.1 Å². The number of rotatable bonds is 13. The zero-order valence-corrected chi connectivity index (χ0v) is 23.3. The molecule has 0 aliphatic heterocycles. The monoisotopic (exact) mass is 560 g/mol. The molecule has 0 aliphatic rings. The zero-order chi connectivity index (χ0) is 28.0. The number of methoxy groups -OCH3 is 1. The summed E-state index contributed by atoms with van der Waals surface area (Å²) in [6.45, 7) is 2.21. The number of sulfone groups is 1. The first-order valence-corrected chi connectivity index (χ1v) is 15.1. The highest BCUT2D eigenvalue weighted by Gasteiger charge is 2.13. The molecule has 208 valence electrons. The van der Waals surface area contributed by atoms with Crippen molar-refractivity contribution in [2.75, 3.05) is 44.1 Å². The number of aromatic nitrogens is 4. The van der Waals surface area contributed by atoms with Gasteiger partial charge >= 0.3 is 0 Å². The number of hydrogen-bond acceptors (Lipinski definition) is 9. The van der Waals surface area contributed by atoms with Gasteiger partial charge in [0.1, 0.15) is 22.0 Å². The fourth-order valence-electron chi connectivity index (χ4n) is 4.38. The van der Waals surface area contributed by atoms with E-state index in [4.69, 9.17) is 9.47 Å². The summed E-state index contributed by atoms with van der Waals surface area (Å²) in [7, 11) is -1.38. The summed E-state index contributed by atoms with van der Waals surface area (Å²) in [6.07, 6.45) is 5.33. The predicted molar refractivity (Wildman–Crippen MR) is 157 cm³/mol. The van der Waals surface area contributed by atoms with Gasteiger partial charge in [0, 0.05) is 35.3 Å². The molecule has 0 bridgehead atoms. The van der Waals surface area contributed by atoms with Gasteiger partial charge < -0.3 is 20.1 Å². The lowest BCUT2D eigenvalue weighted by Gasteiger charge is -2.14. The predicted octanol–water partition coefficient (Wildman–Crippen LogP) is 4.18. The molecule has 0 saturated heterocycles. The maximum atomic E-state index is 11.2. The summed E-state index contributed by atoms with van der Waals surface area (Å²) in [6, 6.07) is 20.1. The Morgan fingerprint density at radius 2 is 1.82 bits per heavy atom. The Balaban J connectivity index is 1.29. The molecule has 0 spiro atoms. The molecule has 3 aromatic carbocycles. The van der Waals surface area contributed by atoms with Crippen molar-refractivity contribution in [1.29, 1.82) is 0 Å². The molecule has 0 amide bonds. The Labute approximate surface area is 233 Å². The summed E-state index contributed by atoms with van der Waals surface area (Å²) in [4.78, 5) is 8.91. The molecule has 5 rings (SSSR count). The van der Waals surface area contributed by atoms with Crippen LogP contribution in [0.3, 0.4) is 0 Å². The van der Waals surface area contributed by atoms with Crippen molar-refractivity contribution in [3.63, 3.8) is 0 Å². The molecule has 10 nitrogen and oxygen atoms in total. The maximum Gasteiger partial charge on any atom is 0.162 e. The first-order valence-electron chi connectivity index (χ1n) is 13.0. The van der Waals surface area contributed by atoms with Crippen molar-refractivity contribution in [2.24, 2.45) is 0 Å². The fourth-order valence-corrected chi connectivity index (χ4v) is 4.90. The zero-order valence-electron chi connectivity index (χ0n) is 22.5. The Morgan fingerprint density at radius 3 is 2.62 bits per heavy atom. The molecule has 0 aliphatic carbocycles. The summed E-state index contributed by atoms with van der Waals surface area (Å²) in [5.74, 6) is 1.93. The van der Waals surface area contributed by atoms with Gasteiger partial charge in [0.15, 0.2) is 11.5 Å². The van der Waals surface area contributed by atoms with Crippen LogP contribution < -0.4 is 20.1 Å². The molecule has 2 N–H and O–H groups in total. The number of nitrogens with one attached hydrogen (secondary N) is 2. The third-order valence-electron chi connectivity index (χ3n) is 6.41. The topological polar surface area (TPSA) is 120 Å². The second kappa shape index (κ2) is 12.3. The van der Waals surface area contributed by atoms with Crippen molar-refractivity contribution in [3.8, 4) is 11.5 Å². The molecule has 0 atom stereocenters. The van der Waals surface area contributed by atoms with E-state index in [1.807, 2.05) is 47.3 Å². The molecular formula is C29H32N6O4S. The Bertz CT molecular complexity index is 1710. The third kappa shape index (κ3) is 6.85. The minimum absolute atomic E-state index is 0.116. The van der Waals surface area contributed by atoms with Crippen molar-refractivity contribution in [1.82, 2.24) is 25.1 Å². The van der Waals surface area contributed by atoms with Gasteiger partial charge in [0.05, 0.1) is 43.2 Å². The second-order valence-electron chi connectivity index (χ2n) is 9.51. The molecule has 40 heavy (non-hydrogen) atoms. The van der Waals surface area contributed by atoms with E-state index >= 15 is 0 Å². The van der Waals surface area contributed by atoms with Crippen molar-refractivity contribution in [2.45, 2.75) is 13.0 Å². The molecule has 5 aromatic rings. The van der Waals surface area contributed by atoms with Crippen LogP contribution in [0.15, 0.2) is 73.2 Å². The Hall–Kier alpha value is -4.22. The van der Waals surface area contributed by atoms with Gasteiger partial charge in [-0.2, -0.15) is 5.10 Å². The normalized spacial score (nSPS) is 11.7. The molecule has 11 heteroatoms. The Morgan fingerprint density at radius 1 is 0.975 bits per heavy atom. The van der Waals surface area contributed by atoms with Crippen LogP contribution >= 0.6 is 0 Å². The third-order valence-corrected chi connectivity index (χ3v) is 7.35. The lowest BCUT2D eigenvalue weighted by atomic mass is 10.2. The van der Waals surface area contributed by atoms with Crippen LogP contribution in [0.25, 0.3) is 21.8 Å². The molecule has 0 saturated carbocycles. The molecular weight excluding hydrogens is 528 g/mol. The minimum Gasteiger partial charge on any atom is -0.493 e. The lowest BCUT2D eigenvalue weighted by molar-refractivity contribution is 0.288. The second-order valence-corrected chi connectivity index (χ2v) is 11.8. The van der Waals surface area contributed by atoms with Gasteiger partial charge in [-0.15, -0.1) is 0 Å². The summed E-state index contributed by atoms with van der Waals surface area (Å²) in [5, 5.41) is 12.9. The van der Waals surface area contributed by atoms with E-state index in [0.29, 0.717) is 50.0 Å². The summed E-state index contributed by atoms with van der Waals surface area (Å²) < 4.78 is 36.0. The quantitative estimate of drug-likeness (QED) is 0.204. The molecule has 0 radical (unpaired) electrons. The van der Waals surface area contributed by atoms with Gasteiger partial charge in [-0.05, 0) is 42.8 Å². The van der Waals surface area contributed by atoms with Crippen LogP contribution in [0.4, 0.5) is 11.5 Å². The lowest BCUT2D eigenvalue weighted by Crippen LogP contribution is -2.24. The first-order chi connectivity index (χ1) is 19.4. The highest BCUT2D eigenvalue weighted by molar-refractivity contribution is 7.90. The van der Waals surface area contributed by atoms with Gasteiger partial charge in [-0.3, -0.25) is 4.68 Å². The van der Waals surface area contributed by atoms with E-state index < -0.39 is 9.84 Å². The standard InChI is InChI=1S/C29H32N6O4S/c1-38-27-17-25-24(16-28(27)39-13-6-11-30-12-14-40(2,36)37)29(32-20-31-25)34-23-9-10-26-22(15-23)18-33-35(26)19-21-7-4-3-5-8-21/h3-5,7-10,15-18,20,30H,6,11-14,19H2,1-2H3,(H,31,32,34). The Kier molecular flexibility index (Phi) is 8.42. The van der Waals surface area contributed by atoms with E-state index in [9.17, 15) is 8.42 Å². The van der Waals surface area contributed by atoms with Crippen LogP contribution in [0, 0.1) is 0 Å². The van der Waals surface area contributed by atoms with Crippen LogP contribution in [0.2, 0.25) is 0 Å². The maximum absolute atomic E-state index is 11.2. The first kappa shape index (κ1) is 27.4. The van der Waals surface area contributed by atoms with Crippen LogP contribution in [-0.4, -0.2) is 67.0 Å². The van der Waals surface area contributed by atoms with Crippen molar-refractivity contribution in [3.05, 3.63) is 78.8 Å². The number of nitrogens with zero attached hydrogens (tertiary/aromatic N) is 4. The number of anilines is 2. The van der Waals surface area contributed by atoms with Crippen LogP contribution in [-0.2, 0) is 16.4 Å². The summed E-state index contributed by atoms with van der Waals surface area (Å²) >= 11 is 0. The average molecular weight is 561 g/mol. The number of fused-ring (bicyclic) bond motifs is 2. The number of ether oxygens (including phenoxy) is 2. The van der Waals surface area contributed by atoms with Gasteiger partial charge in [-0.25, -0.2) is 18.4 Å². The van der Waals surface area contributed by atoms with Gasteiger partial charge in [0.25, 0.3) is 0 Å². The largest absolute Gasteiger partial charge is 0.493 e. The fraction of sp³-hybridized carbons (Fsp3) is 0.276. The van der Waals surface area contributed by atoms with E-state index in [0.717, 1.165) is 27.5 Å². The number of benzene rings is 3. The SMILES string of the molecule is COc1cc2ncnc(Nc3ccc4c(cnn4Cc4ccccc4)c3)c2cc1OCCCNCCS(C)(=O)=O. The van der Waals surface area contributed by atoms with E-state index in [1.165, 1.54) is 18.1 Å². The van der Waals surface area contributed by atoms with Crippen LogP contribution in [0.1, 0.15) is 12.0 Å². The molecule has 2 aromatic heterocycles. The van der Waals surface area contributed by atoms with Gasteiger partial charge in [-0.1, -0.05) is 30.3 Å².